The van der Waals surface area contributed by atoms with Gasteiger partial charge in [-0.1, -0.05) is 25.6 Å². The molecule has 0 fully saturated rings. The first-order chi connectivity index (χ1) is 9.56. The fourth-order valence-corrected chi connectivity index (χ4v) is 3.43. The summed E-state index contributed by atoms with van der Waals surface area (Å²) < 4.78 is 4.12. The molecule has 112 valence electrons. The molecule has 0 saturated heterocycles. The number of anilines is 1. The summed E-state index contributed by atoms with van der Waals surface area (Å²) in [6.45, 7) is 3.86. The first-order valence-electron chi connectivity index (χ1n) is 6.17. The van der Waals surface area contributed by atoms with Crippen molar-refractivity contribution in [2.24, 2.45) is 0 Å². The Morgan fingerprint density at radius 1 is 1.45 bits per heavy atom. The Hall–Kier alpha value is -0.800. The summed E-state index contributed by atoms with van der Waals surface area (Å²) in [5.74, 6) is -0.101. The quantitative estimate of drug-likeness (QED) is 0.670. The lowest BCUT2D eigenvalue weighted by Crippen LogP contribution is -2.20. The van der Waals surface area contributed by atoms with Crippen LogP contribution in [0.1, 0.15) is 26.7 Å². The summed E-state index contributed by atoms with van der Waals surface area (Å²) in [6.07, 6.45) is 1.53. The van der Waals surface area contributed by atoms with Crippen molar-refractivity contribution in [3.05, 3.63) is 0 Å². The molecule has 1 amide bonds. The predicted octanol–water partition coefficient (Wildman–Crippen LogP) is 2.58. The monoisotopic (exact) mass is 335 g/mol. The van der Waals surface area contributed by atoms with Crippen LogP contribution in [-0.4, -0.2) is 43.1 Å². The first kappa shape index (κ1) is 17.3. The summed E-state index contributed by atoms with van der Waals surface area (Å²) in [5, 5.41) is 12.1. The molecule has 9 heteroatoms. The normalized spacial score (nSPS) is 12.1. The number of thioether (sulfide) groups is 2. The number of nitrogens with one attached hydrogen (secondary N) is 1. The van der Waals surface area contributed by atoms with Gasteiger partial charge in [-0.3, -0.25) is 14.9 Å². The molecule has 6 nitrogen and oxygen atoms in total. The lowest BCUT2D eigenvalue weighted by molar-refractivity contribution is -0.136. The summed E-state index contributed by atoms with van der Waals surface area (Å²) in [5.41, 5.74) is 0. The summed E-state index contributed by atoms with van der Waals surface area (Å²) in [7, 11) is 0. The van der Waals surface area contributed by atoms with Gasteiger partial charge >= 0.3 is 5.97 Å². The van der Waals surface area contributed by atoms with Gasteiger partial charge in [0.05, 0.1) is 5.75 Å². The Kier molecular flexibility index (Phi) is 7.93. The molecule has 1 aromatic heterocycles. The highest BCUT2D eigenvalue weighted by Crippen LogP contribution is 2.21. The van der Waals surface area contributed by atoms with Crippen LogP contribution in [0.25, 0.3) is 0 Å². The van der Waals surface area contributed by atoms with Crippen molar-refractivity contribution in [1.29, 1.82) is 0 Å². The molecule has 0 aliphatic heterocycles. The van der Waals surface area contributed by atoms with Crippen LogP contribution in [0.3, 0.4) is 0 Å². The highest BCUT2D eigenvalue weighted by atomic mass is 32.2. The van der Waals surface area contributed by atoms with Crippen molar-refractivity contribution < 1.29 is 14.7 Å². The van der Waals surface area contributed by atoms with Crippen LogP contribution in [0, 0.1) is 0 Å². The Morgan fingerprint density at radius 3 is 2.80 bits per heavy atom. The molecular formula is C11H17N3O3S3. The van der Waals surface area contributed by atoms with E-state index in [4.69, 9.17) is 5.11 Å². The number of nitrogens with zero attached hydrogens (tertiary/aromatic N) is 2. The van der Waals surface area contributed by atoms with Crippen molar-refractivity contribution in [3.8, 4) is 0 Å². The van der Waals surface area contributed by atoms with Gasteiger partial charge in [0.2, 0.25) is 16.2 Å². The van der Waals surface area contributed by atoms with Crippen molar-refractivity contribution in [1.82, 2.24) is 9.36 Å². The zero-order valence-corrected chi connectivity index (χ0v) is 13.7. The molecule has 20 heavy (non-hydrogen) atoms. The van der Waals surface area contributed by atoms with E-state index < -0.39 is 11.2 Å². The van der Waals surface area contributed by atoms with Crippen molar-refractivity contribution >= 4 is 52.1 Å². The number of aliphatic carboxylic acids is 1. The summed E-state index contributed by atoms with van der Waals surface area (Å²) in [6, 6.07) is 0. The van der Waals surface area contributed by atoms with Gasteiger partial charge in [-0.05, 0) is 12.8 Å². The fourth-order valence-electron chi connectivity index (χ4n) is 1.21. The molecule has 0 radical (unpaired) electrons. The van der Waals surface area contributed by atoms with Gasteiger partial charge in [0.25, 0.3) is 0 Å². The third-order valence-corrected chi connectivity index (χ3v) is 5.32. The van der Waals surface area contributed by atoms with E-state index in [1.54, 1.807) is 18.7 Å². The van der Waals surface area contributed by atoms with Crippen molar-refractivity contribution in [2.75, 3.05) is 16.8 Å². The van der Waals surface area contributed by atoms with Gasteiger partial charge in [0.15, 0.2) is 0 Å². The topological polar surface area (TPSA) is 92.2 Å². The molecule has 1 atom stereocenters. The molecule has 1 unspecified atom stereocenters. The Labute approximate surface area is 130 Å². The van der Waals surface area contributed by atoms with E-state index in [0.717, 1.165) is 35.5 Å². The van der Waals surface area contributed by atoms with E-state index in [1.165, 1.54) is 0 Å². The highest BCUT2D eigenvalue weighted by molar-refractivity contribution is 8.01. The standard InChI is InChI=1S/C11H17N3O3S3/c1-3-5-18-11-13-10(20-14-11)12-8(15)6-19-7(4-2)9(16)17/h7H,3-6H2,1-2H3,(H,16,17)(H,12,13,14,15). The van der Waals surface area contributed by atoms with Crippen LogP contribution in [0.2, 0.25) is 0 Å². The maximum absolute atomic E-state index is 11.7. The maximum Gasteiger partial charge on any atom is 0.316 e. The van der Waals surface area contributed by atoms with Crippen LogP contribution in [0.15, 0.2) is 5.16 Å². The van der Waals surface area contributed by atoms with Crippen LogP contribution >= 0.6 is 35.1 Å². The largest absolute Gasteiger partial charge is 0.480 e. The van der Waals surface area contributed by atoms with Crippen molar-refractivity contribution in [2.45, 2.75) is 37.1 Å². The number of aromatic nitrogens is 2. The van der Waals surface area contributed by atoms with Crippen LogP contribution in [0.4, 0.5) is 5.13 Å². The van der Waals surface area contributed by atoms with Gasteiger partial charge in [0, 0.05) is 17.3 Å². The number of rotatable bonds is 9. The Balaban J connectivity index is 2.38. The lowest BCUT2D eigenvalue weighted by atomic mass is 10.3. The zero-order chi connectivity index (χ0) is 15.0. The molecular weight excluding hydrogens is 318 g/mol. The minimum absolute atomic E-state index is 0.0990. The van der Waals surface area contributed by atoms with Gasteiger partial charge in [-0.15, -0.1) is 11.8 Å². The van der Waals surface area contributed by atoms with E-state index in [1.807, 2.05) is 0 Å². The third kappa shape index (κ3) is 6.10. The summed E-state index contributed by atoms with van der Waals surface area (Å²) >= 11 is 3.80. The third-order valence-electron chi connectivity index (χ3n) is 2.15. The Bertz CT molecular complexity index is 453. The second-order valence-corrected chi connectivity index (χ2v) is 6.83. The van der Waals surface area contributed by atoms with Crippen LogP contribution in [0.5, 0.6) is 0 Å². The second-order valence-electron chi connectivity index (χ2n) is 3.82. The number of carboxylic acid groups (broad SMARTS) is 1. The number of carboxylic acids is 1. The lowest BCUT2D eigenvalue weighted by Gasteiger charge is -2.08. The molecule has 1 rings (SSSR count). The highest BCUT2D eigenvalue weighted by Gasteiger charge is 2.17. The minimum atomic E-state index is -0.889. The number of amides is 1. The minimum Gasteiger partial charge on any atom is -0.480 e. The summed E-state index contributed by atoms with van der Waals surface area (Å²) in [4.78, 5) is 26.7. The van der Waals surface area contributed by atoms with Crippen molar-refractivity contribution in [3.63, 3.8) is 0 Å². The smallest absolute Gasteiger partial charge is 0.316 e. The number of hydrogen-bond donors (Lipinski definition) is 2. The molecule has 1 heterocycles. The SMILES string of the molecule is CCCSc1nsc(NC(=O)CSC(CC)C(=O)O)n1. The molecule has 0 spiro atoms. The van der Waals surface area contributed by atoms with Crippen LogP contribution in [-0.2, 0) is 9.59 Å². The second kappa shape index (κ2) is 9.19. The van der Waals surface area contributed by atoms with Crippen LogP contribution < -0.4 is 5.32 Å². The average molecular weight is 335 g/mol. The first-order valence-corrected chi connectivity index (χ1v) is 8.98. The number of carbonyl (C=O) groups is 2. The van der Waals surface area contributed by atoms with E-state index >= 15 is 0 Å². The molecule has 0 bridgehead atoms. The molecule has 1 aromatic rings. The molecule has 0 saturated carbocycles. The van der Waals surface area contributed by atoms with Gasteiger partial charge in [-0.2, -0.15) is 9.36 Å². The van der Waals surface area contributed by atoms with E-state index in [0.29, 0.717) is 16.7 Å². The van der Waals surface area contributed by atoms with E-state index in [-0.39, 0.29) is 11.7 Å². The van der Waals surface area contributed by atoms with Gasteiger partial charge < -0.3 is 5.11 Å². The number of carbonyl (C=O) groups excluding carboxylic acids is 1. The maximum atomic E-state index is 11.7. The molecule has 0 aliphatic carbocycles. The van der Waals surface area contributed by atoms with Gasteiger partial charge in [0.1, 0.15) is 5.25 Å². The van der Waals surface area contributed by atoms with E-state index in [2.05, 4.69) is 21.6 Å². The average Bonchev–Trinajstić information content (AvgIpc) is 2.84. The van der Waals surface area contributed by atoms with E-state index in [9.17, 15) is 9.59 Å². The fraction of sp³-hybridized carbons (Fsp3) is 0.636. The Morgan fingerprint density at radius 2 is 2.20 bits per heavy atom. The molecule has 0 aromatic carbocycles. The molecule has 0 aliphatic rings. The molecule has 2 N–H and O–H groups in total. The van der Waals surface area contributed by atoms with Gasteiger partial charge in [-0.25, -0.2) is 0 Å². The predicted molar refractivity (Wildman–Crippen MR) is 83.7 cm³/mol. The zero-order valence-electron chi connectivity index (χ0n) is 11.3. The number of hydrogen-bond acceptors (Lipinski definition) is 7.